The minimum absolute atomic E-state index is 0.115. The van der Waals surface area contributed by atoms with Gasteiger partial charge in [0.05, 0.1) is 32.7 Å². The number of carbonyl (C=O) groups excluding carboxylic acids is 1. The van der Waals surface area contributed by atoms with E-state index >= 15 is 0 Å². The van der Waals surface area contributed by atoms with Crippen molar-refractivity contribution in [3.8, 4) is 5.69 Å². The van der Waals surface area contributed by atoms with Crippen LogP contribution in [0.4, 0.5) is 8.78 Å². The minimum atomic E-state index is -3.15. The molecule has 0 bridgehead atoms. The lowest BCUT2D eigenvalue weighted by molar-refractivity contribution is 0.0737. The molecule has 1 saturated carbocycles. The standard InChI is InChI=1S/C30H29ClF2N6O2S/c1-37-13-10-28(36-37)42(2,41)38(14-11-32)25-6-3-21-15-27-20(19-35-39(27)24-7-4-23(33)5-8-24)17-30(21,18-25)29(40)26-16-22(31)9-12-34-26/h4-5,7-10,12-13,15-16,19,25H,2-3,6,11,14,17-18H2,1H3/t25-,30-,42?/m0/s1. The third-order valence-electron chi connectivity index (χ3n) is 8.20. The van der Waals surface area contributed by atoms with Crippen molar-refractivity contribution in [2.24, 2.45) is 12.5 Å². The number of hydrogen-bond donors (Lipinski definition) is 0. The first-order chi connectivity index (χ1) is 20.1. The number of nitrogens with zero attached hydrogens (tertiary/aromatic N) is 6. The first-order valence-electron chi connectivity index (χ1n) is 13.5. The number of ketones is 1. The quantitative estimate of drug-likeness (QED) is 0.204. The zero-order valence-electron chi connectivity index (χ0n) is 22.9. The lowest BCUT2D eigenvalue weighted by atomic mass is 9.60. The molecule has 1 fully saturated rings. The second kappa shape index (κ2) is 10.9. The Morgan fingerprint density at radius 3 is 2.74 bits per heavy atom. The van der Waals surface area contributed by atoms with Crippen molar-refractivity contribution in [3.63, 3.8) is 0 Å². The second-order valence-corrected chi connectivity index (χ2v) is 13.4. The van der Waals surface area contributed by atoms with Crippen molar-refractivity contribution in [2.45, 2.75) is 36.8 Å². The number of carbonyl (C=O) groups is 1. The molecule has 0 N–H and O–H groups in total. The maximum absolute atomic E-state index is 14.5. The van der Waals surface area contributed by atoms with E-state index in [-0.39, 0.29) is 35.3 Å². The van der Waals surface area contributed by atoms with Crippen LogP contribution in [0.15, 0.2) is 71.7 Å². The first-order valence-corrected chi connectivity index (χ1v) is 15.6. The highest BCUT2D eigenvalue weighted by Gasteiger charge is 2.51. The normalized spacial score (nSPS) is 21.4. The molecule has 0 aliphatic heterocycles. The van der Waals surface area contributed by atoms with E-state index in [2.05, 4.69) is 21.1 Å². The van der Waals surface area contributed by atoms with Crippen LogP contribution in [0, 0.1) is 11.2 Å². The Morgan fingerprint density at radius 2 is 2.05 bits per heavy atom. The molecule has 0 saturated heterocycles. The number of rotatable bonds is 8. The molecule has 6 rings (SSSR count). The van der Waals surface area contributed by atoms with Gasteiger partial charge in [0, 0.05) is 37.1 Å². The average Bonchev–Trinajstić information content (AvgIpc) is 3.60. The highest BCUT2D eigenvalue weighted by atomic mass is 35.5. The van der Waals surface area contributed by atoms with Gasteiger partial charge in [0.15, 0.2) is 10.8 Å². The van der Waals surface area contributed by atoms with Crippen molar-refractivity contribution < 1.29 is 17.8 Å². The molecule has 1 aromatic carbocycles. The third-order valence-corrected chi connectivity index (χ3v) is 10.5. The summed E-state index contributed by atoms with van der Waals surface area (Å²) in [7, 11) is -1.44. The summed E-state index contributed by atoms with van der Waals surface area (Å²) in [6.07, 6.45) is 8.47. The molecule has 3 heterocycles. The summed E-state index contributed by atoms with van der Waals surface area (Å²) in [5, 5.41) is 9.54. The molecule has 218 valence electrons. The summed E-state index contributed by atoms with van der Waals surface area (Å²) in [6.45, 7) is -0.847. The van der Waals surface area contributed by atoms with E-state index in [1.807, 2.05) is 6.08 Å². The first kappa shape index (κ1) is 28.4. The van der Waals surface area contributed by atoms with Crippen LogP contribution in [0.5, 0.6) is 0 Å². The summed E-state index contributed by atoms with van der Waals surface area (Å²) >= 11 is 6.26. The molecule has 2 aliphatic rings. The molecule has 42 heavy (non-hydrogen) atoms. The summed E-state index contributed by atoms with van der Waals surface area (Å²) in [5.41, 5.74) is 2.39. The number of benzene rings is 1. The number of aromatic nitrogens is 5. The Balaban J connectivity index is 1.45. The van der Waals surface area contributed by atoms with E-state index in [1.54, 1.807) is 58.8 Å². The lowest BCUT2D eigenvalue weighted by Gasteiger charge is -2.47. The van der Waals surface area contributed by atoms with Crippen molar-refractivity contribution >= 4 is 39.0 Å². The fourth-order valence-electron chi connectivity index (χ4n) is 6.23. The topological polar surface area (TPSA) is 85.9 Å². The number of Topliss-reactive ketones (excluding diaryl/α,β-unsaturated/α-hetero) is 1. The maximum atomic E-state index is 14.5. The number of pyridine rings is 1. The van der Waals surface area contributed by atoms with E-state index in [0.717, 1.165) is 16.8 Å². The van der Waals surface area contributed by atoms with Gasteiger partial charge in [0.25, 0.3) is 0 Å². The van der Waals surface area contributed by atoms with Gasteiger partial charge in [-0.05, 0) is 85.7 Å². The third kappa shape index (κ3) is 4.89. The molecular weight excluding hydrogens is 582 g/mol. The van der Waals surface area contributed by atoms with Gasteiger partial charge in [-0.15, -0.1) is 0 Å². The summed E-state index contributed by atoms with van der Waals surface area (Å²) < 4.78 is 46.6. The van der Waals surface area contributed by atoms with E-state index in [9.17, 15) is 17.8 Å². The number of hydrogen-bond acceptors (Lipinski definition) is 5. The Labute approximate surface area is 247 Å². The van der Waals surface area contributed by atoms with E-state index in [1.165, 1.54) is 23.0 Å². The van der Waals surface area contributed by atoms with Crippen LogP contribution in [0.25, 0.3) is 11.8 Å². The lowest BCUT2D eigenvalue weighted by Crippen LogP contribution is -2.51. The van der Waals surface area contributed by atoms with Crippen molar-refractivity contribution in [3.05, 3.63) is 94.4 Å². The second-order valence-electron chi connectivity index (χ2n) is 10.8. The van der Waals surface area contributed by atoms with Crippen molar-refractivity contribution in [1.29, 1.82) is 0 Å². The van der Waals surface area contributed by atoms with Crippen molar-refractivity contribution in [1.82, 2.24) is 28.9 Å². The molecular formula is C30H29ClF2N6O2S. The Morgan fingerprint density at radius 1 is 1.26 bits per heavy atom. The summed E-state index contributed by atoms with van der Waals surface area (Å²) in [6, 6.07) is 10.4. The van der Waals surface area contributed by atoms with Crippen molar-refractivity contribution in [2.75, 3.05) is 13.2 Å². The predicted molar refractivity (Wildman–Crippen MR) is 158 cm³/mol. The van der Waals surface area contributed by atoms with Gasteiger partial charge in [-0.3, -0.25) is 14.5 Å². The molecule has 12 heteroatoms. The maximum Gasteiger partial charge on any atom is 0.191 e. The highest BCUT2D eigenvalue weighted by molar-refractivity contribution is 7.98. The number of halogens is 3. The van der Waals surface area contributed by atoms with Crippen LogP contribution in [0.3, 0.4) is 0 Å². The van der Waals surface area contributed by atoms with Gasteiger partial charge in [0.1, 0.15) is 18.2 Å². The largest absolute Gasteiger partial charge is 0.291 e. The molecule has 4 aromatic rings. The van der Waals surface area contributed by atoms with Crippen LogP contribution in [0.2, 0.25) is 5.02 Å². The Hall–Kier alpha value is -3.67. The smallest absolute Gasteiger partial charge is 0.191 e. The van der Waals surface area contributed by atoms with Gasteiger partial charge < -0.3 is 0 Å². The number of allylic oxidation sites excluding steroid dienone is 1. The molecule has 3 atom stereocenters. The molecule has 0 spiro atoms. The molecule has 8 nitrogen and oxygen atoms in total. The minimum Gasteiger partial charge on any atom is -0.291 e. The fourth-order valence-corrected chi connectivity index (χ4v) is 8.18. The zero-order valence-corrected chi connectivity index (χ0v) is 24.5. The fraction of sp³-hybridized carbons (Fsp3) is 0.300. The molecule has 1 unspecified atom stereocenters. The van der Waals surface area contributed by atoms with Crippen LogP contribution >= 0.6 is 11.6 Å². The number of alkyl halides is 1. The van der Waals surface area contributed by atoms with Gasteiger partial charge in [-0.1, -0.05) is 17.2 Å². The SMILES string of the molecule is C=S(=O)(c1ccn(C)n1)N(CCF)[C@H]1CCC2=Cc3c(cnn3-c3ccc(F)cc3)C[C@]2(C(=O)c2cc(Cl)ccn2)C1. The summed E-state index contributed by atoms with van der Waals surface area (Å²) in [4.78, 5) is 18.8. The number of aryl methyl sites for hydroxylation is 1. The van der Waals surface area contributed by atoms with Gasteiger partial charge in [-0.2, -0.15) is 10.2 Å². The number of fused-ring (bicyclic) bond motifs is 2. The van der Waals surface area contributed by atoms with Crippen LogP contribution in [-0.2, 0) is 23.2 Å². The Kier molecular flexibility index (Phi) is 7.36. The van der Waals surface area contributed by atoms with Gasteiger partial charge >= 0.3 is 0 Å². The molecule has 3 aromatic heterocycles. The van der Waals surface area contributed by atoms with Gasteiger partial charge in [-0.25, -0.2) is 22.0 Å². The van der Waals surface area contributed by atoms with E-state index in [0.29, 0.717) is 30.0 Å². The highest BCUT2D eigenvalue weighted by Crippen LogP contribution is 2.51. The van der Waals surface area contributed by atoms with E-state index in [4.69, 9.17) is 11.6 Å². The zero-order chi connectivity index (χ0) is 29.6. The summed E-state index contributed by atoms with van der Waals surface area (Å²) in [5.74, 6) is 3.45. The monoisotopic (exact) mass is 610 g/mol. The average molecular weight is 611 g/mol. The Bertz CT molecular complexity index is 1800. The van der Waals surface area contributed by atoms with E-state index < -0.39 is 27.8 Å². The van der Waals surface area contributed by atoms with Crippen LogP contribution in [0.1, 0.15) is 41.0 Å². The van der Waals surface area contributed by atoms with Crippen LogP contribution < -0.4 is 0 Å². The van der Waals surface area contributed by atoms with Crippen LogP contribution in [-0.4, -0.2) is 64.0 Å². The molecule has 2 aliphatic carbocycles. The predicted octanol–water partition coefficient (Wildman–Crippen LogP) is 5.12. The van der Waals surface area contributed by atoms with Gasteiger partial charge in [0.2, 0.25) is 0 Å². The molecule has 0 amide bonds. The molecule has 0 radical (unpaired) electrons.